The zero-order valence-electron chi connectivity index (χ0n) is 11.0. The molecule has 0 heterocycles. The second-order valence-electron chi connectivity index (χ2n) is 6.76. The Balaban J connectivity index is 2.18. The van der Waals surface area contributed by atoms with Crippen LogP contribution in [0, 0.1) is 0 Å². The molecule has 2 fully saturated rings. The average molecular weight is 249 g/mol. The van der Waals surface area contributed by atoms with Crippen LogP contribution in [0.1, 0.15) is 75.0 Å². The molecule has 1 aromatic rings. The molecule has 0 bridgehead atoms. The maximum atomic E-state index is 6.32. The fourth-order valence-electron chi connectivity index (χ4n) is 2.95. The molecule has 0 N–H and O–H groups in total. The predicted molar refractivity (Wildman–Crippen MR) is 74.1 cm³/mol. The second-order valence-corrected chi connectivity index (χ2v) is 7.19. The standard InChI is InChI=1S/C16H21Cl/c1-16(2,3)15-13(10-4-5-10)8-12(17)9-14(15)11-6-7-11/h8-11H,4-7H2,1-3H3. The third-order valence-electron chi connectivity index (χ3n) is 3.95. The van der Waals surface area contributed by atoms with Crippen molar-refractivity contribution >= 4 is 11.6 Å². The zero-order valence-corrected chi connectivity index (χ0v) is 11.8. The van der Waals surface area contributed by atoms with Crippen LogP contribution in [0.5, 0.6) is 0 Å². The van der Waals surface area contributed by atoms with Gasteiger partial charge in [0.2, 0.25) is 0 Å². The monoisotopic (exact) mass is 248 g/mol. The van der Waals surface area contributed by atoms with Gasteiger partial charge in [0.25, 0.3) is 0 Å². The van der Waals surface area contributed by atoms with Crippen LogP contribution in [0.25, 0.3) is 0 Å². The molecule has 0 atom stereocenters. The first-order chi connectivity index (χ1) is 7.97. The molecule has 1 aromatic carbocycles. The van der Waals surface area contributed by atoms with Crippen molar-refractivity contribution in [3.63, 3.8) is 0 Å². The van der Waals surface area contributed by atoms with Crippen molar-refractivity contribution in [1.82, 2.24) is 0 Å². The Morgan fingerprint density at radius 2 is 1.35 bits per heavy atom. The normalized spacial score (nSPS) is 20.7. The Bertz CT molecular complexity index is 412. The molecule has 0 unspecified atom stereocenters. The third-order valence-corrected chi connectivity index (χ3v) is 4.17. The summed E-state index contributed by atoms with van der Waals surface area (Å²) < 4.78 is 0. The lowest BCUT2D eigenvalue weighted by atomic mass is 9.78. The molecule has 0 spiro atoms. The van der Waals surface area contributed by atoms with Crippen LogP contribution in [0.15, 0.2) is 12.1 Å². The second kappa shape index (κ2) is 3.75. The van der Waals surface area contributed by atoms with Crippen molar-refractivity contribution in [3.8, 4) is 0 Å². The highest BCUT2D eigenvalue weighted by molar-refractivity contribution is 6.30. The summed E-state index contributed by atoms with van der Waals surface area (Å²) in [5, 5.41) is 0.946. The molecule has 0 amide bonds. The summed E-state index contributed by atoms with van der Waals surface area (Å²) in [6.07, 6.45) is 5.42. The number of benzene rings is 1. The summed E-state index contributed by atoms with van der Waals surface area (Å²) in [6.45, 7) is 7.02. The van der Waals surface area contributed by atoms with Gasteiger partial charge in [0, 0.05) is 5.02 Å². The van der Waals surface area contributed by atoms with Crippen molar-refractivity contribution in [2.45, 2.75) is 63.7 Å². The van der Waals surface area contributed by atoms with Crippen molar-refractivity contribution < 1.29 is 0 Å². The quantitative estimate of drug-likeness (QED) is 0.658. The molecule has 0 aromatic heterocycles. The first kappa shape index (κ1) is 11.6. The van der Waals surface area contributed by atoms with Gasteiger partial charge in [-0.2, -0.15) is 0 Å². The number of halogens is 1. The highest BCUT2D eigenvalue weighted by Crippen LogP contribution is 2.51. The van der Waals surface area contributed by atoms with E-state index in [9.17, 15) is 0 Å². The summed E-state index contributed by atoms with van der Waals surface area (Å²) in [6, 6.07) is 4.46. The fraction of sp³-hybridized carbons (Fsp3) is 0.625. The summed E-state index contributed by atoms with van der Waals surface area (Å²) in [5.74, 6) is 1.58. The molecule has 1 heteroatoms. The lowest BCUT2D eigenvalue weighted by Gasteiger charge is -2.27. The molecule has 2 saturated carbocycles. The minimum atomic E-state index is 0.250. The third kappa shape index (κ3) is 2.25. The number of rotatable bonds is 2. The van der Waals surface area contributed by atoms with Gasteiger partial charge in [-0.25, -0.2) is 0 Å². The lowest BCUT2D eigenvalue weighted by Crippen LogP contribution is -2.17. The molecule has 2 aliphatic carbocycles. The Morgan fingerprint density at radius 3 is 1.65 bits per heavy atom. The van der Waals surface area contributed by atoms with Gasteiger partial charge < -0.3 is 0 Å². The Kier molecular flexibility index (Phi) is 2.56. The molecular weight excluding hydrogens is 228 g/mol. The molecule has 0 aliphatic heterocycles. The van der Waals surface area contributed by atoms with Crippen LogP contribution in [0.4, 0.5) is 0 Å². The number of hydrogen-bond donors (Lipinski definition) is 0. The van der Waals surface area contributed by atoms with E-state index in [0.29, 0.717) is 0 Å². The van der Waals surface area contributed by atoms with E-state index >= 15 is 0 Å². The molecule has 0 saturated heterocycles. The van der Waals surface area contributed by atoms with E-state index in [4.69, 9.17) is 11.6 Å². The van der Waals surface area contributed by atoms with Crippen molar-refractivity contribution in [2.24, 2.45) is 0 Å². The molecular formula is C16H21Cl. The minimum absolute atomic E-state index is 0.250. The van der Waals surface area contributed by atoms with E-state index < -0.39 is 0 Å². The van der Waals surface area contributed by atoms with Gasteiger partial charge in [0.05, 0.1) is 0 Å². The fourth-order valence-corrected chi connectivity index (χ4v) is 3.18. The first-order valence-corrected chi connectivity index (χ1v) is 7.18. The van der Waals surface area contributed by atoms with Crippen LogP contribution in [-0.2, 0) is 5.41 Å². The first-order valence-electron chi connectivity index (χ1n) is 6.80. The summed E-state index contributed by atoms with van der Waals surface area (Å²) in [7, 11) is 0. The molecule has 2 aliphatic rings. The molecule has 92 valence electrons. The Hall–Kier alpha value is -0.490. The maximum Gasteiger partial charge on any atom is 0.0411 e. The van der Waals surface area contributed by atoms with E-state index in [1.165, 1.54) is 25.7 Å². The summed E-state index contributed by atoms with van der Waals surface area (Å²) in [4.78, 5) is 0. The average Bonchev–Trinajstić information content (AvgIpc) is 3.08. The van der Waals surface area contributed by atoms with E-state index in [-0.39, 0.29) is 5.41 Å². The van der Waals surface area contributed by atoms with Gasteiger partial charge in [-0.1, -0.05) is 32.4 Å². The topological polar surface area (TPSA) is 0 Å². The van der Waals surface area contributed by atoms with E-state index in [0.717, 1.165) is 16.9 Å². The predicted octanol–water partition coefficient (Wildman–Crippen LogP) is 5.39. The summed E-state index contributed by atoms with van der Waals surface area (Å²) >= 11 is 6.32. The van der Waals surface area contributed by atoms with Crippen LogP contribution in [0.3, 0.4) is 0 Å². The smallest absolute Gasteiger partial charge is 0.0411 e. The van der Waals surface area contributed by atoms with E-state index in [1.807, 2.05) is 0 Å². The van der Waals surface area contributed by atoms with Crippen molar-refractivity contribution in [2.75, 3.05) is 0 Å². The highest BCUT2D eigenvalue weighted by atomic mass is 35.5. The van der Waals surface area contributed by atoms with Crippen molar-refractivity contribution in [3.05, 3.63) is 33.8 Å². The van der Waals surface area contributed by atoms with Crippen LogP contribution < -0.4 is 0 Å². The Labute approximate surface area is 109 Å². The largest absolute Gasteiger partial charge is 0.0843 e. The summed E-state index contributed by atoms with van der Waals surface area (Å²) in [5.41, 5.74) is 4.95. The maximum absolute atomic E-state index is 6.32. The van der Waals surface area contributed by atoms with Gasteiger partial charge in [-0.05, 0) is 71.8 Å². The van der Waals surface area contributed by atoms with Crippen LogP contribution in [0.2, 0.25) is 5.02 Å². The Morgan fingerprint density at radius 1 is 0.941 bits per heavy atom. The molecule has 3 rings (SSSR count). The zero-order chi connectivity index (χ0) is 12.2. The van der Waals surface area contributed by atoms with Gasteiger partial charge in [0.15, 0.2) is 0 Å². The minimum Gasteiger partial charge on any atom is -0.0843 e. The van der Waals surface area contributed by atoms with Crippen LogP contribution >= 0.6 is 11.6 Å². The van der Waals surface area contributed by atoms with Crippen LogP contribution in [-0.4, -0.2) is 0 Å². The van der Waals surface area contributed by atoms with Gasteiger partial charge in [-0.15, -0.1) is 0 Å². The van der Waals surface area contributed by atoms with Gasteiger partial charge in [0.1, 0.15) is 0 Å². The van der Waals surface area contributed by atoms with Gasteiger partial charge >= 0.3 is 0 Å². The van der Waals surface area contributed by atoms with Crippen molar-refractivity contribution in [1.29, 1.82) is 0 Å². The molecule has 0 nitrogen and oxygen atoms in total. The molecule has 0 radical (unpaired) electrons. The highest BCUT2D eigenvalue weighted by Gasteiger charge is 2.36. The lowest BCUT2D eigenvalue weighted by molar-refractivity contribution is 0.575. The molecule has 17 heavy (non-hydrogen) atoms. The SMILES string of the molecule is CC(C)(C)c1c(C2CC2)cc(Cl)cc1C1CC1. The van der Waals surface area contributed by atoms with E-state index in [2.05, 4.69) is 32.9 Å². The van der Waals surface area contributed by atoms with E-state index in [1.54, 1.807) is 16.7 Å². The number of hydrogen-bond acceptors (Lipinski definition) is 0. The van der Waals surface area contributed by atoms with Gasteiger partial charge in [-0.3, -0.25) is 0 Å².